The Morgan fingerprint density at radius 2 is 2.20 bits per heavy atom. The van der Waals surface area contributed by atoms with E-state index in [1.165, 1.54) is 12.1 Å². The second-order valence-electron chi connectivity index (χ2n) is 2.79. The smallest absolute Gasteiger partial charge is 0.269 e. The number of fused-ring (bicyclic) bond motifs is 1. The highest BCUT2D eigenvalue weighted by Crippen LogP contribution is 2.11. The van der Waals surface area contributed by atoms with Crippen molar-refractivity contribution in [2.75, 3.05) is 0 Å². The molecule has 0 radical (unpaired) electrons. The van der Waals surface area contributed by atoms with Crippen LogP contribution in [0.2, 0.25) is 5.15 Å². The van der Waals surface area contributed by atoms with E-state index in [0.29, 0.717) is 0 Å². The maximum Gasteiger partial charge on any atom is 0.286 e. The topological polar surface area (TPSA) is 77.5 Å². The number of hydrogen-bond acceptors (Lipinski definition) is 4. The number of hydrogen-bond donors (Lipinski definition) is 0. The van der Waals surface area contributed by atoms with Crippen molar-refractivity contribution in [2.24, 2.45) is 0 Å². The molecular formula is C8H4ClN3O3. The van der Waals surface area contributed by atoms with E-state index in [4.69, 9.17) is 11.6 Å². The molecule has 0 aromatic carbocycles. The first-order chi connectivity index (χ1) is 7.08. The summed E-state index contributed by atoms with van der Waals surface area (Å²) >= 11 is 5.57. The Bertz CT molecular complexity index is 608. The molecule has 0 unspecified atom stereocenters. The average molecular weight is 226 g/mol. The molecule has 2 aromatic rings. The van der Waals surface area contributed by atoms with Crippen molar-refractivity contribution in [1.82, 2.24) is 9.38 Å². The molecule has 0 N–H and O–H groups in total. The van der Waals surface area contributed by atoms with Crippen LogP contribution in [-0.4, -0.2) is 14.3 Å². The lowest BCUT2D eigenvalue weighted by Crippen LogP contribution is -2.13. The second kappa shape index (κ2) is 3.32. The van der Waals surface area contributed by atoms with E-state index in [1.54, 1.807) is 0 Å². The first kappa shape index (κ1) is 9.60. The molecule has 2 aromatic heterocycles. The minimum absolute atomic E-state index is 0.0638. The molecule has 0 saturated heterocycles. The molecule has 0 aliphatic carbocycles. The van der Waals surface area contributed by atoms with Gasteiger partial charge < -0.3 is 0 Å². The van der Waals surface area contributed by atoms with Crippen molar-refractivity contribution in [1.29, 1.82) is 0 Å². The minimum Gasteiger partial charge on any atom is -0.269 e. The van der Waals surface area contributed by atoms with Gasteiger partial charge >= 0.3 is 0 Å². The van der Waals surface area contributed by atoms with E-state index < -0.39 is 10.5 Å². The highest BCUT2D eigenvalue weighted by molar-refractivity contribution is 6.29. The number of pyridine rings is 1. The summed E-state index contributed by atoms with van der Waals surface area (Å²) in [4.78, 5) is 25.1. The van der Waals surface area contributed by atoms with Crippen molar-refractivity contribution in [3.05, 3.63) is 50.0 Å². The van der Waals surface area contributed by atoms with Crippen LogP contribution < -0.4 is 5.56 Å². The van der Waals surface area contributed by atoms with E-state index in [1.807, 2.05) is 0 Å². The Kier molecular flexibility index (Phi) is 2.12. The van der Waals surface area contributed by atoms with Gasteiger partial charge in [0.25, 0.3) is 11.2 Å². The van der Waals surface area contributed by atoms with Crippen molar-refractivity contribution < 1.29 is 4.92 Å². The van der Waals surface area contributed by atoms with E-state index in [0.717, 1.165) is 16.7 Å². The van der Waals surface area contributed by atoms with Gasteiger partial charge in [-0.2, -0.15) is 0 Å². The molecule has 6 nitrogen and oxygen atoms in total. The summed E-state index contributed by atoms with van der Waals surface area (Å²) in [6.45, 7) is 0. The predicted octanol–water partition coefficient (Wildman–Crippen LogP) is 1.26. The van der Waals surface area contributed by atoms with Crippen LogP contribution in [0.15, 0.2) is 29.2 Å². The van der Waals surface area contributed by atoms with Crippen molar-refractivity contribution in [3.8, 4) is 0 Å². The summed E-state index contributed by atoms with van der Waals surface area (Å²) in [6.07, 6.45) is 1.11. The average Bonchev–Trinajstić information content (AvgIpc) is 2.16. The fraction of sp³-hybridized carbons (Fsp3) is 0. The largest absolute Gasteiger partial charge is 0.286 e. The molecule has 0 atom stereocenters. The molecule has 7 heteroatoms. The quantitative estimate of drug-likeness (QED) is 0.416. The molecule has 2 rings (SSSR count). The molecule has 0 spiro atoms. The first-order valence-corrected chi connectivity index (χ1v) is 4.29. The standard InChI is InChI=1S/C8H4ClN3O3/c9-6-3-8(13)11-4-5(12(14)15)1-2-7(11)10-6/h1-4H. The van der Waals surface area contributed by atoms with Gasteiger partial charge in [0, 0.05) is 12.1 Å². The van der Waals surface area contributed by atoms with Crippen LogP contribution in [0.5, 0.6) is 0 Å². The maximum atomic E-state index is 11.4. The monoisotopic (exact) mass is 225 g/mol. The van der Waals surface area contributed by atoms with Gasteiger partial charge in [-0.3, -0.25) is 19.3 Å². The fourth-order valence-electron chi connectivity index (χ4n) is 1.17. The lowest BCUT2D eigenvalue weighted by Gasteiger charge is -1.99. The number of nitrogens with zero attached hydrogens (tertiary/aromatic N) is 3. The zero-order valence-corrected chi connectivity index (χ0v) is 8.01. The van der Waals surface area contributed by atoms with Gasteiger partial charge in [-0.1, -0.05) is 11.6 Å². The minimum atomic E-state index is -0.583. The fourth-order valence-corrected chi connectivity index (χ4v) is 1.35. The summed E-state index contributed by atoms with van der Waals surface area (Å²) in [7, 11) is 0. The highest BCUT2D eigenvalue weighted by Gasteiger charge is 2.08. The molecule has 0 bridgehead atoms. The van der Waals surface area contributed by atoms with E-state index in [2.05, 4.69) is 4.98 Å². The molecule has 0 aliphatic rings. The molecule has 0 fully saturated rings. The van der Waals surface area contributed by atoms with E-state index >= 15 is 0 Å². The van der Waals surface area contributed by atoms with Gasteiger partial charge in [-0.25, -0.2) is 4.98 Å². The van der Waals surface area contributed by atoms with Crippen LogP contribution in [0.3, 0.4) is 0 Å². The number of rotatable bonds is 1. The predicted molar refractivity (Wildman–Crippen MR) is 53.1 cm³/mol. The van der Waals surface area contributed by atoms with Crippen molar-refractivity contribution in [3.63, 3.8) is 0 Å². The zero-order valence-electron chi connectivity index (χ0n) is 7.25. The lowest BCUT2D eigenvalue weighted by atomic mass is 10.4. The summed E-state index contributed by atoms with van der Waals surface area (Å²) in [5, 5.41) is 10.5. The number of halogens is 1. The highest BCUT2D eigenvalue weighted by atomic mass is 35.5. The van der Waals surface area contributed by atoms with Gasteiger partial charge in [0.15, 0.2) is 0 Å². The van der Waals surface area contributed by atoms with Gasteiger partial charge in [0.2, 0.25) is 0 Å². The van der Waals surface area contributed by atoms with Crippen LogP contribution in [-0.2, 0) is 0 Å². The van der Waals surface area contributed by atoms with Gasteiger partial charge in [0.1, 0.15) is 10.8 Å². The molecule has 2 heterocycles. The summed E-state index contributed by atoms with van der Waals surface area (Å²) in [5.74, 6) is 0. The zero-order chi connectivity index (χ0) is 11.0. The van der Waals surface area contributed by atoms with Crippen LogP contribution in [0.4, 0.5) is 5.69 Å². The lowest BCUT2D eigenvalue weighted by molar-refractivity contribution is -0.385. The second-order valence-corrected chi connectivity index (χ2v) is 3.18. The molecular weight excluding hydrogens is 222 g/mol. The molecule has 15 heavy (non-hydrogen) atoms. The Labute approximate surface area is 87.9 Å². The third-order valence-electron chi connectivity index (χ3n) is 1.82. The van der Waals surface area contributed by atoms with Gasteiger partial charge in [-0.15, -0.1) is 0 Å². The van der Waals surface area contributed by atoms with E-state index in [-0.39, 0.29) is 16.5 Å². The van der Waals surface area contributed by atoms with Crippen LogP contribution in [0, 0.1) is 10.1 Å². The van der Waals surface area contributed by atoms with Crippen molar-refractivity contribution >= 4 is 22.9 Å². The molecule has 0 amide bonds. The summed E-state index contributed by atoms with van der Waals surface area (Å²) in [6, 6.07) is 3.72. The molecule has 0 aliphatic heterocycles. The third-order valence-corrected chi connectivity index (χ3v) is 2.02. The SMILES string of the molecule is O=c1cc(Cl)nc2ccc([N+](=O)[O-])cn12. The first-order valence-electron chi connectivity index (χ1n) is 3.91. The van der Waals surface area contributed by atoms with Crippen LogP contribution in [0.1, 0.15) is 0 Å². The van der Waals surface area contributed by atoms with Crippen LogP contribution >= 0.6 is 11.6 Å². The Morgan fingerprint density at radius 3 is 2.87 bits per heavy atom. The molecule has 76 valence electrons. The Balaban J connectivity index is 2.83. The number of nitro groups is 1. The molecule has 0 saturated carbocycles. The van der Waals surface area contributed by atoms with Gasteiger partial charge in [0.05, 0.1) is 11.1 Å². The third kappa shape index (κ3) is 1.66. The van der Waals surface area contributed by atoms with E-state index in [9.17, 15) is 14.9 Å². The van der Waals surface area contributed by atoms with Gasteiger partial charge in [-0.05, 0) is 6.07 Å². The Hall–Kier alpha value is -1.95. The number of aromatic nitrogens is 2. The Morgan fingerprint density at radius 1 is 1.47 bits per heavy atom. The summed E-state index contributed by atoms with van der Waals surface area (Å²) in [5.41, 5.74) is -0.347. The maximum absolute atomic E-state index is 11.4. The summed E-state index contributed by atoms with van der Waals surface area (Å²) < 4.78 is 1.07. The van der Waals surface area contributed by atoms with Crippen molar-refractivity contribution in [2.45, 2.75) is 0 Å². The normalized spacial score (nSPS) is 10.5. The van der Waals surface area contributed by atoms with Crippen LogP contribution in [0.25, 0.3) is 5.65 Å².